The number of benzene rings is 2. The third-order valence-electron chi connectivity index (χ3n) is 6.41. The number of rotatable bonds is 4. The third-order valence-corrected chi connectivity index (χ3v) is 6.41. The number of aromatic nitrogens is 3. The lowest BCUT2D eigenvalue weighted by Crippen LogP contribution is -2.22. The van der Waals surface area contributed by atoms with Crippen LogP contribution in [-0.4, -0.2) is 14.1 Å². The lowest BCUT2D eigenvalue weighted by molar-refractivity contribution is 0.698. The summed E-state index contributed by atoms with van der Waals surface area (Å²) in [5, 5.41) is 1.33. The van der Waals surface area contributed by atoms with Gasteiger partial charge in [0.1, 0.15) is 0 Å². The molecule has 0 saturated heterocycles. The van der Waals surface area contributed by atoms with Crippen molar-refractivity contribution in [3.8, 4) is 5.69 Å². The number of aryl methyl sites for hydroxylation is 4. The van der Waals surface area contributed by atoms with Crippen LogP contribution >= 0.6 is 12.4 Å². The summed E-state index contributed by atoms with van der Waals surface area (Å²) < 4.78 is 3.98. The highest BCUT2D eigenvalue weighted by Gasteiger charge is 2.17. The summed E-state index contributed by atoms with van der Waals surface area (Å²) in [6.07, 6.45) is 9.66. The van der Waals surface area contributed by atoms with Gasteiger partial charge in [0.15, 0.2) is 0 Å². The second-order valence-electron chi connectivity index (χ2n) is 8.30. The molecule has 5 heteroatoms. The fourth-order valence-corrected chi connectivity index (χ4v) is 4.77. The molecule has 0 bridgehead atoms. The SMILES string of the molecule is Cl.Cn1c2c(c3ccc(-n4ccc(CCc5ccccc5)nc4=O)cc31)CCCCC2. The quantitative estimate of drug-likeness (QED) is 0.415. The highest BCUT2D eigenvalue weighted by atomic mass is 35.5. The van der Waals surface area contributed by atoms with E-state index in [0.717, 1.165) is 37.1 Å². The lowest BCUT2D eigenvalue weighted by atomic mass is 10.1. The van der Waals surface area contributed by atoms with E-state index in [9.17, 15) is 4.79 Å². The van der Waals surface area contributed by atoms with E-state index in [0.29, 0.717) is 0 Å². The Bertz CT molecular complexity index is 1260. The minimum atomic E-state index is -0.212. The van der Waals surface area contributed by atoms with Gasteiger partial charge in [-0.2, -0.15) is 4.98 Å². The zero-order valence-electron chi connectivity index (χ0n) is 17.9. The first-order valence-corrected chi connectivity index (χ1v) is 10.9. The summed E-state index contributed by atoms with van der Waals surface area (Å²) in [5.74, 6) is 0. The Morgan fingerprint density at radius 1 is 0.935 bits per heavy atom. The average molecular weight is 434 g/mol. The molecule has 2 heterocycles. The van der Waals surface area contributed by atoms with Crippen molar-refractivity contribution in [2.45, 2.75) is 44.9 Å². The Morgan fingerprint density at radius 2 is 1.74 bits per heavy atom. The van der Waals surface area contributed by atoms with E-state index in [4.69, 9.17) is 0 Å². The van der Waals surface area contributed by atoms with Gasteiger partial charge in [-0.15, -0.1) is 12.4 Å². The van der Waals surface area contributed by atoms with Crippen molar-refractivity contribution in [2.75, 3.05) is 0 Å². The van der Waals surface area contributed by atoms with Gasteiger partial charge < -0.3 is 4.57 Å². The molecule has 0 unspecified atom stereocenters. The van der Waals surface area contributed by atoms with Gasteiger partial charge in [-0.25, -0.2) is 4.79 Å². The normalized spacial score (nSPS) is 13.5. The van der Waals surface area contributed by atoms with Crippen LogP contribution in [0.4, 0.5) is 0 Å². The molecule has 4 nitrogen and oxygen atoms in total. The second-order valence-corrected chi connectivity index (χ2v) is 8.30. The van der Waals surface area contributed by atoms with E-state index < -0.39 is 0 Å². The Morgan fingerprint density at radius 3 is 2.55 bits per heavy atom. The van der Waals surface area contributed by atoms with Crippen molar-refractivity contribution in [3.05, 3.63) is 93.8 Å². The topological polar surface area (TPSA) is 39.8 Å². The maximum Gasteiger partial charge on any atom is 0.352 e. The van der Waals surface area contributed by atoms with Crippen LogP contribution in [0.15, 0.2) is 65.6 Å². The average Bonchev–Trinajstić information content (AvgIpc) is 2.92. The molecule has 0 amide bonds. The lowest BCUT2D eigenvalue weighted by Gasteiger charge is -2.08. The monoisotopic (exact) mass is 433 g/mol. The molecule has 4 aromatic rings. The van der Waals surface area contributed by atoms with Gasteiger partial charge in [0.2, 0.25) is 0 Å². The summed E-state index contributed by atoms with van der Waals surface area (Å²) in [6, 6.07) is 18.7. The highest BCUT2D eigenvalue weighted by Crippen LogP contribution is 2.31. The highest BCUT2D eigenvalue weighted by molar-refractivity contribution is 5.87. The van der Waals surface area contributed by atoms with E-state index in [1.807, 2.05) is 30.5 Å². The van der Waals surface area contributed by atoms with Gasteiger partial charge in [-0.3, -0.25) is 4.57 Å². The predicted molar refractivity (Wildman–Crippen MR) is 129 cm³/mol. The maximum atomic E-state index is 12.8. The molecule has 1 aliphatic carbocycles. The van der Waals surface area contributed by atoms with Gasteiger partial charge in [0.05, 0.1) is 11.2 Å². The fourth-order valence-electron chi connectivity index (χ4n) is 4.77. The number of halogens is 1. The molecule has 0 atom stereocenters. The largest absolute Gasteiger partial charge is 0.352 e. The molecule has 2 aromatic heterocycles. The molecule has 0 N–H and O–H groups in total. The van der Waals surface area contributed by atoms with Gasteiger partial charge >= 0.3 is 5.69 Å². The Balaban J connectivity index is 0.00000231. The number of hydrogen-bond acceptors (Lipinski definition) is 2. The summed E-state index contributed by atoms with van der Waals surface area (Å²) in [5.41, 5.74) is 6.93. The van der Waals surface area contributed by atoms with Crippen LogP contribution in [0.5, 0.6) is 0 Å². The summed E-state index contributed by atoms with van der Waals surface area (Å²) in [6.45, 7) is 0. The molecule has 5 rings (SSSR count). The zero-order chi connectivity index (χ0) is 20.5. The Kier molecular flexibility index (Phi) is 6.28. The maximum absolute atomic E-state index is 12.8. The van der Waals surface area contributed by atoms with Gasteiger partial charge in [-0.1, -0.05) is 42.8 Å². The summed E-state index contributed by atoms with van der Waals surface area (Å²) >= 11 is 0. The van der Waals surface area contributed by atoms with E-state index >= 15 is 0 Å². The summed E-state index contributed by atoms with van der Waals surface area (Å²) in [7, 11) is 2.16. The molecule has 31 heavy (non-hydrogen) atoms. The minimum Gasteiger partial charge on any atom is -0.347 e. The van der Waals surface area contributed by atoms with Crippen molar-refractivity contribution >= 4 is 23.3 Å². The number of hydrogen-bond donors (Lipinski definition) is 0. The van der Waals surface area contributed by atoms with E-state index in [2.05, 4.69) is 46.9 Å². The fraction of sp³-hybridized carbons (Fsp3) is 0.308. The summed E-state index contributed by atoms with van der Waals surface area (Å²) in [4.78, 5) is 17.1. The van der Waals surface area contributed by atoms with Crippen LogP contribution in [0, 0.1) is 0 Å². The number of fused-ring (bicyclic) bond motifs is 3. The molecule has 160 valence electrons. The molecular weight excluding hydrogens is 406 g/mol. The van der Waals surface area contributed by atoms with E-state index in [1.165, 1.54) is 47.0 Å². The number of nitrogens with zero attached hydrogens (tertiary/aromatic N) is 3. The van der Waals surface area contributed by atoms with Crippen LogP contribution < -0.4 is 5.69 Å². The van der Waals surface area contributed by atoms with Gasteiger partial charge in [0.25, 0.3) is 0 Å². The smallest absolute Gasteiger partial charge is 0.347 e. The molecule has 0 saturated carbocycles. The van der Waals surface area contributed by atoms with Crippen LogP contribution in [0.3, 0.4) is 0 Å². The predicted octanol–water partition coefficient (Wildman–Crippen LogP) is 5.20. The van der Waals surface area contributed by atoms with Crippen LogP contribution in [0.1, 0.15) is 41.8 Å². The minimum absolute atomic E-state index is 0. The van der Waals surface area contributed by atoms with Crippen molar-refractivity contribution in [1.29, 1.82) is 0 Å². The molecule has 1 aliphatic rings. The van der Waals surface area contributed by atoms with Crippen LogP contribution in [0.25, 0.3) is 16.6 Å². The van der Waals surface area contributed by atoms with Gasteiger partial charge in [-0.05, 0) is 67.9 Å². The van der Waals surface area contributed by atoms with Crippen molar-refractivity contribution in [2.24, 2.45) is 7.05 Å². The molecular formula is C26H28ClN3O. The van der Waals surface area contributed by atoms with E-state index in [1.54, 1.807) is 4.57 Å². The first-order valence-electron chi connectivity index (χ1n) is 10.9. The first-order chi connectivity index (χ1) is 14.7. The van der Waals surface area contributed by atoms with Crippen LogP contribution in [-0.2, 0) is 32.7 Å². The van der Waals surface area contributed by atoms with Crippen molar-refractivity contribution in [3.63, 3.8) is 0 Å². The standard InChI is InChI=1S/C26H27N3O.ClH/c1-28-24-11-7-3-6-10-22(24)23-15-14-21(18-25(23)28)29-17-16-20(27-26(29)30)13-12-19-8-4-2-5-9-19;/h2,4-5,8-9,14-18H,3,6-7,10-13H2,1H3;1H. The van der Waals surface area contributed by atoms with Gasteiger partial charge in [0, 0.05) is 30.0 Å². The Hall–Kier alpha value is -2.85. The molecule has 0 spiro atoms. The van der Waals surface area contributed by atoms with Crippen LogP contribution in [0.2, 0.25) is 0 Å². The van der Waals surface area contributed by atoms with Crippen molar-refractivity contribution in [1.82, 2.24) is 14.1 Å². The molecule has 0 fully saturated rings. The van der Waals surface area contributed by atoms with E-state index in [-0.39, 0.29) is 18.1 Å². The third kappa shape index (κ3) is 4.17. The molecule has 0 aliphatic heterocycles. The first kappa shape index (κ1) is 21.4. The second kappa shape index (κ2) is 9.11. The van der Waals surface area contributed by atoms with Crippen molar-refractivity contribution < 1.29 is 0 Å². The molecule has 0 radical (unpaired) electrons. The molecule has 2 aromatic carbocycles. The zero-order valence-corrected chi connectivity index (χ0v) is 18.7. The Labute approximate surface area is 189 Å².